The number of pyridine rings is 1. The molecule has 0 saturated heterocycles. The summed E-state index contributed by atoms with van der Waals surface area (Å²) in [5.41, 5.74) is 2.45. The lowest BCUT2D eigenvalue weighted by Crippen LogP contribution is -2.00. The highest BCUT2D eigenvalue weighted by molar-refractivity contribution is 9.10. The Kier molecular flexibility index (Phi) is 3.51. The Morgan fingerprint density at radius 1 is 1.24 bits per heavy atom. The number of carboxylic acid groups (broad SMARTS) is 1. The molecule has 3 rings (SSSR count). The van der Waals surface area contributed by atoms with Gasteiger partial charge in [-0.05, 0) is 38.1 Å². The first-order valence-electron chi connectivity index (χ1n) is 6.23. The predicted octanol–water partition coefficient (Wildman–Crippen LogP) is 4.44. The minimum Gasteiger partial charge on any atom is -0.478 e. The van der Waals surface area contributed by atoms with Gasteiger partial charge in [0.05, 0.1) is 32.4 Å². The van der Waals surface area contributed by atoms with E-state index in [9.17, 15) is 9.90 Å². The summed E-state index contributed by atoms with van der Waals surface area (Å²) in [7, 11) is 0. The Hall–Kier alpha value is -1.79. The van der Waals surface area contributed by atoms with Crippen LogP contribution in [-0.2, 0) is 0 Å². The average molecular weight is 363 g/mol. The second kappa shape index (κ2) is 5.20. The molecule has 0 bridgehead atoms. The highest BCUT2D eigenvalue weighted by atomic mass is 79.9. The summed E-state index contributed by atoms with van der Waals surface area (Å²) < 4.78 is 0.830. The molecule has 1 N–H and O–H groups in total. The van der Waals surface area contributed by atoms with Crippen molar-refractivity contribution in [3.8, 4) is 10.6 Å². The van der Waals surface area contributed by atoms with E-state index in [2.05, 4.69) is 25.9 Å². The molecular formula is C15H11BrN2O2S. The number of hydrogen-bond donors (Lipinski definition) is 1. The Morgan fingerprint density at radius 3 is 2.62 bits per heavy atom. The van der Waals surface area contributed by atoms with Gasteiger partial charge >= 0.3 is 5.97 Å². The van der Waals surface area contributed by atoms with Crippen molar-refractivity contribution >= 4 is 44.1 Å². The lowest BCUT2D eigenvalue weighted by molar-refractivity contribution is 0.0699. The monoisotopic (exact) mass is 362 g/mol. The molecule has 106 valence electrons. The van der Waals surface area contributed by atoms with Crippen LogP contribution < -0.4 is 0 Å². The zero-order chi connectivity index (χ0) is 15.1. The van der Waals surface area contributed by atoms with Crippen molar-refractivity contribution < 1.29 is 9.90 Å². The second-order valence-corrected chi connectivity index (χ2v) is 6.79. The van der Waals surface area contributed by atoms with Gasteiger partial charge in [-0.3, -0.25) is 0 Å². The maximum absolute atomic E-state index is 11.5. The SMILES string of the molecule is Cc1nc(C)c(-c2cc(C(=O)O)c3cc(Br)ccc3n2)s1. The Balaban J connectivity index is 2.33. The molecule has 21 heavy (non-hydrogen) atoms. The molecule has 0 aliphatic rings. The third-order valence-corrected chi connectivity index (χ3v) is 4.73. The third-order valence-electron chi connectivity index (χ3n) is 3.14. The van der Waals surface area contributed by atoms with Crippen LogP contribution in [0.25, 0.3) is 21.5 Å². The minimum absolute atomic E-state index is 0.252. The van der Waals surface area contributed by atoms with Gasteiger partial charge < -0.3 is 5.11 Å². The lowest BCUT2D eigenvalue weighted by atomic mass is 10.1. The smallest absolute Gasteiger partial charge is 0.336 e. The Bertz CT molecular complexity index is 873. The lowest BCUT2D eigenvalue weighted by Gasteiger charge is -2.06. The fourth-order valence-electron chi connectivity index (χ4n) is 2.26. The number of fused-ring (bicyclic) bond motifs is 1. The second-order valence-electron chi connectivity index (χ2n) is 4.67. The van der Waals surface area contributed by atoms with E-state index in [0.717, 1.165) is 20.1 Å². The van der Waals surface area contributed by atoms with E-state index < -0.39 is 5.97 Å². The Morgan fingerprint density at radius 2 is 2.00 bits per heavy atom. The molecule has 1 aromatic carbocycles. The van der Waals surface area contributed by atoms with Crippen molar-refractivity contribution in [1.82, 2.24) is 9.97 Å². The van der Waals surface area contributed by atoms with Gasteiger partial charge in [-0.25, -0.2) is 14.8 Å². The van der Waals surface area contributed by atoms with Crippen LogP contribution >= 0.6 is 27.3 Å². The summed E-state index contributed by atoms with van der Waals surface area (Å²) in [6, 6.07) is 7.07. The molecule has 0 fully saturated rings. The summed E-state index contributed by atoms with van der Waals surface area (Å²) in [5.74, 6) is -0.958. The molecule has 0 unspecified atom stereocenters. The molecule has 0 radical (unpaired) electrons. The number of benzene rings is 1. The Labute approximate surface area is 133 Å². The summed E-state index contributed by atoms with van der Waals surface area (Å²) in [5, 5.41) is 11.0. The highest BCUT2D eigenvalue weighted by Crippen LogP contribution is 2.32. The quantitative estimate of drug-likeness (QED) is 0.731. The van der Waals surface area contributed by atoms with Crippen molar-refractivity contribution in [2.75, 3.05) is 0 Å². The largest absolute Gasteiger partial charge is 0.478 e. The molecule has 4 nitrogen and oxygen atoms in total. The zero-order valence-electron chi connectivity index (χ0n) is 11.3. The number of hydrogen-bond acceptors (Lipinski definition) is 4. The number of aryl methyl sites for hydroxylation is 2. The van der Waals surface area contributed by atoms with Gasteiger partial charge in [0.1, 0.15) is 0 Å². The third kappa shape index (κ3) is 2.56. The standard InChI is InChI=1S/C15H11BrN2O2S/c1-7-14(21-8(2)17-7)13-6-11(15(19)20)10-5-9(16)3-4-12(10)18-13/h3-6H,1-2H3,(H,19,20). The van der Waals surface area contributed by atoms with Crippen molar-refractivity contribution in [2.24, 2.45) is 0 Å². The van der Waals surface area contributed by atoms with Crippen LogP contribution in [-0.4, -0.2) is 21.0 Å². The summed E-state index contributed by atoms with van der Waals surface area (Å²) in [6.45, 7) is 3.84. The summed E-state index contributed by atoms with van der Waals surface area (Å²) in [6.07, 6.45) is 0. The van der Waals surface area contributed by atoms with Crippen LogP contribution in [0.5, 0.6) is 0 Å². The first-order chi connectivity index (χ1) is 9.95. The van der Waals surface area contributed by atoms with E-state index >= 15 is 0 Å². The molecule has 6 heteroatoms. The van der Waals surface area contributed by atoms with Gasteiger partial charge in [-0.15, -0.1) is 11.3 Å². The van der Waals surface area contributed by atoms with Crippen LogP contribution in [0.3, 0.4) is 0 Å². The average Bonchev–Trinajstić information content (AvgIpc) is 2.76. The summed E-state index contributed by atoms with van der Waals surface area (Å²) in [4.78, 5) is 21.4. The molecule has 0 aliphatic heterocycles. The number of rotatable bonds is 2. The number of aromatic carboxylic acids is 1. The number of carboxylic acids is 1. The fourth-order valence-corrected chi connectivity index (χ4v) is 3.50. The van der Waals surface area contributed by atoms with Gasteiger partial charge in [0.2, 0.25) is 0 Å². The van der Waals surface area contributed by atoms with Gasteiger partial charge in [0.15, 0.2) is 0 Å². The zero-order valence-corrected chi connectivity index (χ0v) is 13.7. The minimum atomic E-state index is -0.958. The van der Waals surface area contributed by atoms with E-state index in [1.165, 1.54) is 11.3 Å². The number of thiazole rings is 1. The van der Waals surface area contributed by atoms with Gasteiger partial charge in [0.25, 0.3) is 0 Å². The molecule has 0 saturated carbocycles. The molecule has 0 amide bonds. The van der Waals surface area contributed by atoms with Crippen molar-refractivity contribution in [3.05, 3.63) is 45.0 Å². The molecule has 2 heterocycles. The maximum Gasteiger partial charge on any atom is 0.336 e. The van der Waals surface area contributed by atoms with Crippen LogP contribution in [0.1, 0.15) is 21.1 Å². The predicted molar refractivity (Wildman–Crippen MR) is 87.0 cm³/mol. The fraction of sp³-hybridized carbons (Fsp3) is 0.133. The van der Waals surface area contributed by atoms with Crippen LogP contribution in [0.4, 0.5) is 0 Å². The molecule has 2 aromatic heterocycles. The normalized spacial score (nSPS) is 11.0. The van der Waals surface area contributed by atoms with Gasteiger partial charge in [-0.1, -0.05) is 15.9 Å². The number of nitrogens with zero attached hydrogens (tertiary/aromatic N) is 2. The van der Waals surface area contributed by atoms with Crippen molar-refractivity contribution in [2.45, 2.75) is 13.8 Å². The number of carbonyl (C=O) groups is 1. The number of halogens is 1. The topological polar surface area (TPSA) is 63.1 Å². The molecule has 0 aliphatic carbocycles. The first kappa shape index (κ1) is 14.2. The van der Waals surface area contributed by atoms with Crippen LogP contribution in [0, 0.1) is 13.8 Å². The molecule has 3 aromatic rings. The first-order valence-corrected chi connectivity index (χ1v) is 7.84. The van der Waals surface area contributed by atoms with E-state index in [4.69, 9.17) is 0 Å². The van der Waals surface area contributed by atoms with Gasteiger partial charge in [-0.2, -0.15) is 0 Å². The van der Waals surface area contributed by atoms with E-state index in [1.807, 2.05) is 26.0 Å². The van der Waals surface area contributed by atoms with E-state index in [1.54, 1.807) is 12.1 Å². The van der Waals surface area contributed by atoms with E-state index in [0.29, 0.717) is 16.6 Å². The van der Waals surface area contributed by atoms with Crippen molar-refractivity contribution in [1.29, 1.82) is 0 Å². The van der Waals surface area contributed by atoms with Crippen LogP contribution in [0.15, 0.2) is 28.7 Å². The van der Waals surface area contributed by atoms with Crippen molar-refractivity contribution in [3.63, 3.8) is 0 Å². The van der Waals surface area contributed by atoms with E-state index in [-0.39, 0.29) is 5.56 Å². The molecular weight excluding hydrogens is 352 g/mol. The molecule has 0 atom stereocenters. The molecule has 0 spiro atoms. The summed E-state index contributed by atoms with van der Waals surface area (Å²) >= 11 is 4.89. The maximum atomic E-state index is 11.5. The number of aromatic nitrogens is 2. The van der Waals surface area contributed by atoms with Gasteiger partial charge in [0, 0.05) is 9.86 Å². The highest BCUT2D eigenvalue weighted by Gasteiger charge is 2.16. The van der Waals surface area contributed by atoms with Crippen LogP contribution in [0.2, 0.25) is 0 Å².